The normalized spacial score (nSPS) is 16.7. The molecule has 1 rings (SSSR count). The van der Waals surface area contributed by atoms with Crippen LogP contribution >= 0.6 is 11.6 Å². The van der Waals surface area contributed by atoms with Gasteiger partial charge in [0.25, 0.3) is 0 Å². The number of carbonyl (C=O) groups is 1. The first kappa shape index (κ1) is 24.9. The van der Waals surface area contributed by atoms with E-state index in [1.54, 1.807) is 0 Å². The summed E-state index contributed by atoms with van der Waals surface area (Å²) in [6.07, 6.45) is 4.94. The highest BCUT2D eigenvalue weighted by molar-refractivity contribution is 6.32. The maximum absolute atomic E-state index is 8.81. The first-order valence-electron chi connectivity index (χ1n) is 9.36. The molecule has 1 atom stereocenters. The number of hydrogen-bond donors (Lipinski definition) is 2. The van der Waals surface area contributed by atoms with E-state index in [1.807, 2.05) is 7.05 Å². The molecular weight excluding hydrogens is 346 g/mol. The summed E-state index contributed by atoms with van der Waals surface area (Å²) in [6.45, 7) is 16.0. The fourth-order valence-corrected chi connectivity index (χ4v) is 3.54. The zero-order valence-corrected chi connectivity index (χ0v) is 18.8. The molecular formula is C21H38ClN3O. The van der Waals surface area contributed by atoms with Crippen LogP contribution in [0.3, 0.4) is 0 Å². The summed E-state index contributed by atoms with van der Waals surface area (Å²) in [5.74, 6) is 0.467. The Balaban J connectivity index is 0.00000194. The molecule has 4 nitrogen and oxygen atoms in total. The molecule has 0 aliphatic heterocycles. The van der Waals surface area contributed by atoms with Crippen LogP contribution in [0.4, 0.5) is 0 Å². The van der Waals surface area contributed by atoms with E-state index in [0.29, 0.717) is 5.92 Å². The van der Waals surface area contributed by atoms with E-state index in [9.17, 15) is 0 Å². The third-order valence-electron chi connectivity index (χ3n) is 5.15. The van der Waals surface area contributed by atoms with Crippen LogP contribution < -0.4 is 10.9 Å². The third kappa shape index (κ3) is 7.26. The molecule has 150 valence electrons. The zero-order chi connectivity index (χ0) is 20.5. The average Bonchev–Trinajstić information content (AvgIpc) is 2.66. The van der Waals surface area contributed by atoms with E-state index in [0.717, 1.165) is 42.0 Å². The fraction of sp³-hybridized carbons (Fsp3) is 0.667. The molecule has 1 aliphatic rings. The van der Waals surface area contributed by atoms with Crippen LogP contribution in [0.5, 0.6) is 0 Å². The molecule has 0 aromatic heterocycles. The van der Waals surface area contributed by atoms with Crippen LogP contribution in [0, 0.1) is 5.92 Å². The first-order chi connectivity index (χ1) is 12.0. The lowest BCUT2D eigenvalue weighted by Crippen LogP contribution is -2.42. The molecule has 0 aromatic rings. The quantitative estimate of drug-likeness (QED) is 0.490. The highest BCUT2D eigenvalue weighted by atomic mass is 35.5. The van der Waals surface area contributed by atoms with E-state index in [1.165, 1.54) is 18.1 Å². The van der Waals surface area contributed by atoms with Gasteiger partial charge in [0.1, 0.15) is 6.29 Å². The van der Waals surface area contributed by atoms with E-state index in [2.05, 4.69) is 70.4 Å². The molecule has 0 fully saturated rings. The summed E-state index contributed by atoms with van der Waals surface area (Å²) >= 11 is 6.56. The summed E-state index contributed by atoms with van der Waals surface area (Å²) in [5, 5.41) is 0.836. The smallest absolute Gasteiger partial charge is 0.116 e. The summed E-state index contributed by atoms with van der Waals surface area (Å²) in [6, 6.07) is 0. The molecule has 0 heterocycles. The number of allylic oxidation sites excluding steroid dienone is 5. The number of hydrogen-bond acceptors (Lipinski definition) is 4. The molecule has 0 saturated heterocycles. The molecule has 1 aliphatic carbocycles. The monoisotopic (exact) mass is 383 g/mol. The van der Waals surface area contributed by atoms with Crippen LogP contribution in [-0.4, -0.2) is 37.4 Å². The molecule has 0 bridgehead atoms. The Morgan fingerprint density at radius 3 is 2.38 bits per heavy atom. The number of aldehydes is 1. The van der Waals surface area contributed by atoms with Crippen molar-refractivity contribution in [3.05, 3.63) is 33.5 Å². The number of nitrogens with zero attached hydrogens (tertiary/aromatic N) is 1. The summed E-state index contributed by atoms with van der Waals surface area (Å²) in [7, 11) is 4.08. The highest BCUT2D eigenvalue weighted by Gasteiger charge is 2.27. The maximum atomic E-state index is 8.81. The van der Waals surface area contributed by atoms with Gasteiger partial charge in [-0.2, -0.15) is 0 Å². The SMILES string of the molecule is CC=O.CCN(C)C(C)(C)CC(C)C1=C(C)CC(NNC)=C(C)C(Cl)=C1. The van der Waals surface area contributed by atoms with E-state index < -0.39 is 0 Å². The van der Waals surface area contributed by atoms with Crippen molar-refractivity contribution in [3.8, 4) is 0 Å². The predicted molar refractivity (Wildman–Crippen MR) is 114 cm³/mol. The number of nitrogens with one attached hydrogen (secondary N) is 2. The van der Waals surface area contributed by atoms with Gasteiger partial charge in [0.15, 0.2) is 0 Å². The number of halogens is 1. The van der Waals surface area contributed by atoms with Crippen molar-refractivity contribution in [1.82, 2.24) is 15.8 Å². The number of carbonyl (C=O) groups excluding carboxylic acids is 1. The predicted octanol–water partition coefficient (Wildman–Crippen LogP) is 4.79. The standard InChI is InChI=1S/C19H34ClN3.C2H4O/c1-9-23(8)19(5,6)12-14(3)16-11-17(20)15(4)18(22-21-7)10-13(16)2;1-2-3/h11,14,21-22H,9-10,12H2,1-8H3;2H,1H3. The molecule has 5 heteroatoms. The Bertz CT molecular complexity index is 562. The van der Waals surface area contributed by atoms with Crippen molar-refractivity contribution in [2.24, 2.45) is 5.92 Å². The van der Waals surface area contributed by atoms with Gasteiger partial charge in [0.2, 0.25) is 0 Å². The van der Waals surface area contributed by atoms with Crippen LogP contribution in [0.25, 0.3) is 0 Å². The van der Waals surface area contributed by atoms with Crippen molar-refractivity contribution < 1.29 is 4.79 Å². The van der Waals surface area contributed by atoms with Crippen LogP contribution in [0.15, 0.2) is 33.5 Å². The average molecular weight is 384 g/mol. The molecule has 1 unspecified atom stereocenters. The largest absolute Gasteiger partial charge is 0.325 e. The van der Waals surface area contributed by atoms with E-state index >= 15 is 0 Å². The Hall–Kier alpha value is -1.10. The van der Waals surface area contributed by atoms with Crippen LogP contribution in [0.1, 0.15) is 61.3 Å². The maximum Gasteiger partial charge on any atom is 0.116 e. The third-order valence-corrected chi connectivity index (χ3v) is 5.54. The van der Waals surface area contributed by atoms with Gasteiger partial charge in [-0.25, -0.2) is 5.43 Å². The molecule has 0 aromatic carbocycles. The van der Waals surface area contributed by atoms with Crippen molar-refractivity contribution >= 4 is 17.9 Å². The molecule has 0 radical (unpaired) electrons. The minimum atomic E-state index is 0.169. The lowest BCUT2D eigenvalue weighted by Gasteiger charge is -2.37. The van der Waals surface area contributed by atoms with E-state index in [-0.39, 0.29) is 5.54 Å². The van der Waals surface area contributed by atoms with Gasteiger partial charge >= 0.3 is 0 Å². The Morgan fingerprint density at radius 2 is 1.92 bits per heavy atom. The fourth-order valence-electron chi connectivity index (χ4n) is 3.31. The minimum Gasteiger partial charge on any atom is -0.325 e. The van der Waals surface area contributed by atoms with Crippen molar-refractivity contribution in [2.45, 2.75) is 66.8 Å². The van der Waals surface area contributed by atoms with Crippen molar-refractivity contribution in [1.29, 1.82) is 0 Å². The second kappa shape index (κ2) is 11.6. The number of hydrazine groups is 1. The summed E-state index contributed by atoms with van der Waals surface area (Å²) in [5.41, 5.74) is 11.5. The van der Waals surface area contributed by atoms with Gasteiger partial charge in [-0.05, 0) is 77.8 Å². The summed E-state index contributed by atoms with van der Waals surface area (Å²) < 4.78 is 0. The van der Waals surface area contributed by atoms with Gasteiger partial charge in [-0.15, -0.1) is 0 Å². The summed E-state index contributed by atoms with van der Waals surface area (Å²) in [4.78, 5) is 11.2. The van der Waals surface area contributed by atoms with Gasteiger partial charge in [-0.3, -0.25) is 0 Å². The highest BCUT2D eigenvalue weighted by Crippen LogP contribution is 2.35. The van der Waals surface area contributed by atoms with Gasteiger partial charge in [0.05, 0.1) is 0 Å². The topological polar surface area (TPSA) is 44.4 Å². The molecule has 0 spiro atoms. The Kier molecular flexibility index (Phi) is 11.1. The molecule has 26 heavy (non-hydrogen) atoms. The minimum absolute atomic E-state index is 0.169. The zero-order valence-electron chi connectivity index (χ0n) is 18.1. The Morgan fingerprint density at radius 1 is 1.38 bits per heavy atom. The van der Waals surface area contributed by atoms with Crippen molar-refractivity contribution in [3.63, 3.8) is 0 Å². The molecule has 0 saturated carbocycles. The number of rotatable bonds is 7. The van der Waals surface area contributed by atoms with Gasteiger partial charge < -0.3 is 15.1 Å². The Labute approximate surface area is 165 Å². The van der Waals surface area contributed by atoms with Gasteiger partial charge in [0, 0.05) is 29.7 Å². The lowest BCUT2D eigenvalue weighted by molar-refractivity contribution is -0.106. The molecule has 2 N–H and O–H groups in total. The first-order valence-corrected chi connectivity index (χ1v) is 9.74. The van der Waals surface area contributed by atoms with Gasteiger partial charge in [-0.1, -0.05) is 31.0 Å². The second-order valence-corrected chi connectivity index (χ2v) is 7.96. The van der Waals surface area contributed by atoms with Crippen LogP contribution in [0.2, 0.25) is 0 Å². The lowest BCUT2D eigenvalue weighted by atomic mass is 9.83. The van der Waals surface area contributed by atoms with Crippen molar-refractivity contribution in [2.75, 3.05) is 20.6 Å². The molecule has 0 amide bonds. The second-order valence-electron chi connectivity index (χ2n) is 7.55. The van der Waals surface area contributed by atoms with Crippen LogP contribution in [-0.2, 0) is 4.79 Å². The van der Waals surface area contributed by atoms with E-state index in [4.69, 9.17) is 16.4 Å².